The average molecular weight is 358 g/mol. The standard InChI is InChI=1S/C15H20BrNO4/c1-17(8-9-4-11(18)5-9)15(19)10-6-12(20-2)14(16)13(7-10)21-3/h6-7,9,11,18H,4-5,8H2,1-3H3. The van der Waals surface area contributed by atoms with Gasteiger partial charge in [0.05, 0.1) is 20.3 Å². The van der Waals surface area contributed by atoms with Crippen LogP contribution in [0.2, 0.25) is 0 Å². The van der Waals surface area contributed by atoms with Crippen molar-refractivity contribution in [3.05, 3.63) is 22.2 Å². The molecule has 1 aliphatic carbocycles. The maximum absolute atomic E-state index is 12.5. The first kappa shape index (κ1) is 16.1. The first-order valence-electron chi connectivity index (χ1n) is 6.81. The summed E-state index contributed by atoms with van der Waals surface area (Å²) in [6, 6.07) is 3.39. The van der Waals surface area contributed by atoms with Gasteiger partial charge in [0.2, 0.25) is 0 Å². The maximum Gasteiger partial charge on any atom is 0.253 e. The van der Waals surface area contributed by atoms with E-state index >= 15 is 0 Å². The number of methoxy groups -OCH3 is 2. The van der Waals surface area contributed by atoms with Crippen LogP contribution in [0.25, 0.3) is 0 Å². The molecule has 0 unspecified atom stereocenters. The molecule has 0 atom stereocenters. The van der Waals surface area contributed by atoms with Gasteiger partial charge in [0.15, 0.2) is 0 Å². The summed E-state index contributed by atoms with van der Waals surface area (Å²) in [6.45, 7) is 0.649. The van der Waals surface area contributed by atoms with Crippen molar-refractivity contribution in [3.63, 3.8) is 0 Å². The average Bonchev–Trinajstić information content (AvgIpc) is 2.45. The van der Waals surface area contributed by atoms with E-state index in [9.17, 15) is 9.90 Å². The highest BCUT2D eigenvalue weighted by molar-refractivity contribution is 9.10. The fourth-order valence-electron chi connectivity index (χ4n) is 2.53. The summed E-state index contributed by atoms with van der Waals surface area (Å²) in [6.07, 6.45) is 1.33. The number of rotatable bonds is 5. The molecule has 5 nitrogen and oxygen atoms in total. The number of amides is 1. The van der Waals surface area contributed by atoms with E-state index in [4.69, 9.17) is 9.47 Å². The third kappa shape index (κ3) is 3.49. The van der Waals surface area contributed by atoms with Gasteiger partial charge in [-0.25, -0.2) is 0 Å². The Balaban J connectivity index is 2.14. The van der Waals surface area contributed by atoms with Gasteiger partial charge in [-0.1, -0.05) is 0 Å². The molecule has 0 heterocycles. The second-order valence-corrected chi connectivity index (χ2v) is 6.16. The van der Waals surface area contributed by atoms with Crippen molar-refractivity contribution < 1.29 is 19.4 Å². The number of hydrogen-bond donors (Lipinski definition) is 1. The predicted molar refractivity (Wildman–Crippen MR) is 82.9 cm³/mol. The molecular weight excluding hydrogens is 338 g/mol. The Labute approximate surface area is 133 Å². The van der Waals surface area contributed by atoms with Crippen molar-refractivity contribution in [2.75, 3.05) is 27.8 Å². The van der Waals surface area contributed by atoms with E-state index in [0.29, 0.717) is 34.0 Å². The van der Waals surface area contributed by atoms with Gasteiger partial charge in [-0.05, 0) is 46.8 Å². The normalized spacial score (nSPS) is 20.6. The zero-order valence-electron chi connectivity index (χ0n) is 12.4. The highest BCUT2D eigenvalue weighted by Gasteiger charge is 2.29. The van der Waals surface area contributed by atoms with Crippen LogP contribution in [-0.2, 0) is 0 Å². The summed E-state index contributed by atoms with van der Waals surface area (Å²) in [7, 11) is 4.87. The molecular formula is C15H20BrNO4. The molecule has 0 aromatic heterocycles. The van der Waals surface area contributed by atoms with Crippen molar-refractivity contribution >= 4 is 21.8 Å². The lowest BCUT2D eigenvalue weighted by Gasteiger charge is -2.34. The SMILES string of the molecule is COc1cc(C(=O)N(C)CC2CC(O)C2)cc(OC)c1Br. The Morgan fingerprint density at radius 1 is 1.33 bits per heavy atom. The van der Waals surface area contributed by atoms with E-state index in [-0.39, 0.29) is 12.0 Å². The zero-order valence-corrected chi connectivity index (χ0v) is 14.0. The number of aliphatic hydroxyl groups excluding tert-OH is 1. The van der Waals surface area contributed by atoms with Gasteiger partial charge >= 0.3 is 0 Å². The largest absolute Gasteiger partial charge is 0.495 e. The number of nitrogens with zero attached hydrogens (tertiary/aromatic N) is 1. The smallest absolute Gasteiger partial charge is 0.253 e. The van der Waals surface area contributed by atoms with E-state index in [2.05, 4.69) is 15.9 Å². The Bertz CT molecular complexity index is 503. The molecule has 0 spiro atoms. The summed E-state index contributed by atoms with van der Waals surface area (Å²) < 4.78 is 11.2. The van der Waals surface area contributed by atoms with Crippen LogP contribution in [0, 0.1) is 5.92 Å². The fraction of sp³-hybridized carbons (Fsp3) is 0.533. The summed E-state index contributed by atoms with van der Waals surface area (Å²) in [5.41, 5.74) is 0.522. The third-order valence-electron chi connectivity index (χ3n) is 3.78. The number of ether oxygens (including phenoxy) is 2. The minimum absolute atomic E-state index is 0.0829. The van der Waals surface area contributed by atoms with Crippen LogP contribution >= 0.6 is 15.9 Å². The monoisotopic (exact) mass is 357 g/mol. The lowest BCUT2D eigenvalue weighted by atomic mass is 9.82. The lowest BCUT2D eigenvalue weighted by molar-refractivity contribution is 0.0265. The van der Waals surface area contributed by atoms with Crippen LogP contribution in [0.1, 0.15) is 23.2 Å². The van der Waals surface area contributed by atoms with E-state index in [1.165, 1.54) is 0 Å². The number of carbonyl (C=O) groups is 1. The van der Waals surface area contributed by atoms with Crippen molar-refractivity contribution in [1.29, 1.82) is 0 Å². The molecule has 2 rings (SSSR count). The number of halogens is 1. The molecule has 1 N–H and O–H groups in total. The van der Waals surface area contributed by atoms with Crippen LogP contribution in [0.15, 0.2) is 16.6 Å². The Hall–Kier alpha value is -1.27. The zero-order chi connectivity index (χ0) is 15.6. The van der Waals surface area contributed by atoms with Gasteiger partial charge in [0.1, 0.15) is 16.0 Å². The van der Waals surface area contributed by atoms with E-state index < -0.39 is 0 Å². The molecule has 0 bridgehead atoms. The summed E-state index contributed by atoms with van der Waals surface area (Å²) in [5.74, 6) is 1.42. The third-order valence-corrected chi connectivity index (χ3v) is 4.56. The Morgan fingerprint density at radius 3 is 2.29 bits per heavy atom. The number of carbonyl (C=O) groups excluding carboxylic acids is 1. The molecule has 0 saturated heterocycles. The molecule has 1 aliphatic rings. The fourth-order valence-corrected chi connectivity index (χ4v) is 3.09. The molecule has 1 saturated carbocycles. The van der Waals surface area contributed by atoms with Gasteiger partial charge in [0, 0.05) is 19.2 Å². The highest BCUT2D eigenvalue weighted by Crippen LogP contribution is 2.36. The van der Waals surface area contributed by atoms with Crippen molar-refractivity contribution in [2.24, 2.45) is 5.92 Å². The van der Waals surface area contributed by atoms with E-state index in [1.54, 1.807) is 38.3 Å². The molecule has 1 aromatic carbocycles. The van der Waals surface area contributed by atoms with Crippen LogP contribution in [-0.4, -0.2) is 49.8 Å². The van der Waals surface area contributed by atoms with Crippen LogP contribution in [0.4, 0.5) is 0 Å². The molecule has 0 radical (unpaired) electrons. The number of hydrogen-bond acceptors (Lipinski definition) is 4. The van der Waals surface area contributed by atoms with E-state index in [1.807, 2.05) is 0 Å². The molecule has 116 valence electrons. The van der Waals surface area contributed by atoms with Crippen LogP contribution in [0.5, 0.6) is 11.5 Å². The van der Waals surface area contributed by atoms with Gasteiger partial charge in [-0.15, -0.1) is 0 Å². The second-order valence-electron chi connectivity index (χ2n) is 5.37. The van der Waals surface area contributed by atoms with Gasteiger partial charge in [0.25, 0.3) is 5.91 Å². The molecule has 0 aliphatic heterocycles. The van der Waals surface area contributed by atoms with Gasteiger partial charge in [-0.2, -0.15) is 0 Å². The first-order chi connectivity index (χ1) is 9.96. The first-order valence-corrected chi connectivity index (χ1v) is 7.60. The minimum Gasteiger partial charge on any atom is -0.495 e. The van der Waals surface area contributed by atoms with Crippen LogP contribution < -0.4 is 9.47 Å². The van der Waals surface area contributed by atoms with Crippen molar-refractivity contribution in [2.45, 2.75) is 18.9 Å². The molecule has 1 amide bonds. The minimum atomic E-state index is -0.202. The summed E-state index contributed by atoms with van der Waals surface area (Å²) >= 11 is 3.39. The Morgan fingerprint density at radius 2 is 1.86 bits per heavy atom. The summed E-state index contributed by atoms with van der Waals surface area (Å²) in [5, 5.41) is 9.31. The van der Waals surface area contributed by atoms with Crippen molar-refractivity contribution in [3.8, 4) is 11.5 Å². The number of benzene rings is 1. The molecule has 21 heavy (non-hydrogen) atoms. The van der Waals surface area contributed by atoms with Gasteiger partial charge in [-0.3, -0.25) is 4.79 Å². The summed E-state index contributed by atoms with van der Waals surface area (Å²) in [4.78, 5) is 14.2. The van der Waals surface area contributed by atoms with E-state index in [0.717, 1.165) is 12.8 Å². The van der Waals surface area contributed by atoms with Gasteiger partial charge < -0.3 is 19.5 Å². The maximum atomic E-state index is 12.5. The van der Waals surface area contributed by atoms with Crippen molar-refractivity contribution in [1.82, 2.24) is 4.90 Å². The lowest BCUT2D eigenvalue weighted by Crippen LogP contribution is -2.39. The quantitative estimate of drug-likeness (QED) is 0.878. The number of aliphatic hydroxyl groups is 1. The second kappa shape index (κ2) is 6.66. The van der Waals surface area contributed by atoms with Crippen LogP contribution in [0.3, 0.4) is 0 Å². The molecule has 6 heteroatoms. The predicted octanol–water partition coefficient (Wildman–Crippen LogP) is 2.31. The Kier molecular flexibility index (Phi) is 5.11. The molecule has 1 aromatic rings. The highest BCUT2D eigenvalue weighted by atomic mass is 79.9. The topological polar surface area (TPSA) is 59.0 Å². The molecule has 1 fully saturated rings.